The van der Waals surface area contributed by atoms with Gasteiger partial charge in [-0.1, -0.05) is 12.1 Å². The maximum atomic E-state index is 12.0. The van der Waals surface area contributed by atoms with Gasteiger partial charge in [0.05, 0.1) is 16.6 Å². The Morgan fingerprint density at radius 2 is 2.05 bits per heavy atom. The highest BCUT2D eigenvalue weighted by atomic mass is 32.2. The first-order valence-corrected chi connectivity index (χ1v) is 9.48. The first-order chi connectivity index (χ1) is 9.57. The van der Waals surface area contributed by atoms with Gasteiger partial charge in [-0.15, -0.1) is 0 Å². The van der Waals surface area contributed by atoms with Gasteiger partial charge in [0.25, 0.3) is 0 Å². The van der Waals surface area contributed by atoms with Crippen molar-refractivity contribution in [2.45, 2.75) is 23.8 Å². The Balaban J connectivity index is 2.05. The van der Waals surface area contributed by atoms with Crippen molar-refractivity contribution in [1.82, 2.24) is 0 Å². The van der Waals surface area contributed by atoms with Crippen LogP contribution < -0.4 is 4.90 Å². The molecule has 0 aliphatic carbocycles. The molecule has 1 atom stereocenters. The lowest BCUT2D eigenvalue weighted by atomic mass is 10.1. The second kappa shape index (κ2) is 5.22. The second-order valence-corrected chi connectivity index (χ2v) is 7.91. The van der Waals surface area contributed by atoms with Gasteiger partial charge in [-0.05, 0) is 47.4 Å². The van der Waals surface area contributed by atoms with Gasteiger partial charge in [-0.2, -0.15) is 11.3 Å². The number of hydrogen-bond donors (Lipinski definition) is 0. The lowest BCUT2D eigenvalue weighted by molar-refractivity contribution is 0.601. The molecular formula is C15H17NO2S2. The fraction of sp³-hybridized carbons (Fsp3) is 0.333. The largest absolute Gasteiger partial charge is 0.363 e. The zero-order chi connectivity index (χ0) is 14.2. The Hall–Kier alpha value is -1.33. The van der Waals surface area contributed by atoms with E-state index in [1.807, 2.05) is 12.1 Å². The molecule has 1 unspecified atom stereocenters. The van der Waals surface area contributed by atoms with Crippen LogP contribution >= 0.6 is 11.3 Å². The zero-order valence-electron chi connectivity index (χ0n) is 11.3. The van der Waals surface area contributed by atoms with Gasteiger partial charge in [-0.25, -0.2) is 8.42 Å². The predicted molar refractivity (Wildman–Crippen MR) is 83.2 cm³/mol. The van der Waals surface area contributed by atoms with Crippen LogP contribution in [0, 0.1) is 0 Å². The highest BCUT2D eigenvalue weighted by Gasteiger charge is 2.29. The molecule has 1 fully saturated rings. The van der Waals surface area contributed by atoms with Gasteiger partial charge >= 0.3 is 0 Å². The fourth-order valence-corrected chi connectivity index (χ4v) is 4.47. The van der Waals surface area contributed by atoms with E-state index in [1.54, 1.807) is 23.5 Å². The minimum absolute atomic E-state index is 0.296. The minimum Gasteiger partial charge on any atom is -0.363 e. The summed E-state index contributed by atoms with van der Waals surface area (Å²) in [7, 11) is -3.20. The molecule has 1 aliphatic heterocycles. The van der Waals surface area contributed by atoms with E-state index in [2.05, 4.69) is 21.7 Å². The van der Waals surface area contributed by atoms with Gasteiger partial charge in [0, 0.05) is 12.8 Å². The summed E-state index contributed by atoms with van der Waals surface area (Å²) in [4.78, 5) is 2.67. The van der Waals surface area contributed by atoms with Gasteiger partial charge in [0.1, 0.15) is 0 Å². The van der Waals surface area contributed by atoms with Gasteiger partial charge < -0.3 is 4.90 Å². The normalized spacial score (nSPS) is 19.4. The summed E-state index contributed by atoms with van der Waals surface area (Å²) in [5, 5.41) is 4.24. The van der Waals surface area contributed by atoms with Crippen molar-refractivity contribution in [3.8, 4) is 0 Å². The van der Waals surface area contributed by atoms with Crippen molar-refractivity contribution >= 4 is 26.9 Å². The van der Waals surface area contributed by atoms with Crippen molar-refractivity contribution in [1.29, 1.82) is 0 Å². The summed E-state index contributed by atoms with van der Waals surface area (Å²) in [6, 6.07) is 9.75. The fourth-order valence-electron chi connectivity index (χ4n) is 2.87. The first-order valence-electron chi connectivity index (χ1n) is 6.65. The van der Waals surface area contributed by atoms with Crippen LogP contribution in [0.5, 0.6) is 0 Å². The van der Waals surface area contributed by atoms with Crippen molar-refractivity contribution in [3.63, 3.8) is 0 Å². The number of hydrogen-bond acceptors (Lipinski definition) is 4. The average molecular weight is 307 g/mol. The van der Waals surface area contributed by atoms with Crippen molar-refractivity contribution < 1.29 is 8.42 Å². The van der Waals surface area contributed by atoms with Gasteiger partial charge in [0.2, 0.25) is 0 Å². The Morgan fingerprint density at radius 1 is 1.25 bits per heavy atom. The third-order valence-electron chi connectivity index (χ3n) is 3.75. The van der Waals surface area contributed by atoms with Crippen molar-refractivity contribution in [2.75, 3.05) is 17.7 Å². The average Bonchev–Trinajstić information content (AvgIpc) is 3.08. The molecule has 1 aromatic heterocycles. The van der Waals surface area contributed by atoms with Crippen LogP contribution in [0.4, 0.5) is 5.69 Å². The smallest absolute Gasteiger partial charge is 0.177 e. The molecule has 2 aromatic rings. The molecule has 3 rings (SSSR count). The van der Waals surface area contributed by atoms with Gasteiger partial charge in [0.15, 0.2) is 9.84 Å². The number of rotatable bonds is 3. The maximum absolute atomic E-state index is 12.0. The van der Waals surface area contributed by atoms with E-state index in [4.69, 9.17) is 0 Å². The van der Waals surface area contributed by atoms with Gasteiger partial charge in [-0.3, -0.25) is 0 Å². The number of thiophene rings is 1. The first kappa shape index (κ1) is 13.6. The summed E-state index contributed by atoms with van der Waals surface area (Å²) >= 11 is 1.69. The molecule has 20 heavy (non-hydrogen) atoms. The predicted octanol–water partition coefficient (Wildman–Crippen LogP) is 3.49. The van der Waals surface area contributed by atoms with Crippen LogP contribution in [-0.4, -0.2) is 21.2 Å². The zero-order valence-corrected chi connectivity index (χ0v) is 13.0. The molecule has 3 nitrogen and oxygen atoms in total. The van der Waals surface area contributed by atoms with Crippen LogP contribution in [0.3, 0.4) is 0 Å². The van der Waals surface area contributed by atoms with E-state index in [0.29, 0.717) is 10.9 Å². The van der Waals surface area contributed by atoms with Crippen LogP contribution in [0.2, 0.25) is 0 Å². The molecule has 5 heteroatoms. The molecule has 1 saturated heterocycles. The second-order valence-electron chi connectivity index (χ2n) is 5.15. The summed E-state index contributed by atoms with van der Waals surface area (Å²) in [6.07, 6.45) is 3.45. The summed E-state index contributed by atoms with van der Waals surface area (Å²) in [6.45, 7) is 0.910. The van der Waals surface area contributed by atoms with Crippen LogP contribution in [0.25, 0.3) is 0 Å². The monoisotopic (exact) mass is 307 g/mol. The van der Waals surface area contributed by atoms with Crippen LogP contribution in [0.15, 0.2) is 46.0 Å². The molecule has 1 aromatic carbocycles. The van der Waals surface area contributed by atoms with E-state index < -0.39 is 9.84 Å². The Morgan fingerprint density at radius 3 is 2.75 bits per heavy atom. The van der Waals surface area contributed by atoms with E-state index in [-0.39, 0.29) is 0 Å². The Bertz CT molecular complexity index is 692. The summed E-state index contributed by atoms with van der Waals surface area (Å²) in [5.74, 6) is 0. The SMILES string of the molecule is CS(=O)(=O)c1ccccc1N1CCCC1c1ccsc1. The number of benzene rings is 1. The number of sulfone groups is 1. The topological polar surface area (TPSA) is 37.4 Å². The number of para-hydroxylation sites is 1. The molecular weight excluding hydrogens is 290 g/mol. The van der Waals surface area contributed by atoms with E-state index in [1.165, 1.54) is 11.8 Å². The van der Waals surface area contributed by atoms with Crippen molar-refractivity contribution in [3.05, 3.63) is 46.7 Å². The third kappa shape index (κ3) is 2.47. The molecule has 0 bridgehead atoms. The lowest BCUT2D eigenvalue weighted by Crippen LogP contribution is -2.24. The number of nitrogens with zero attached hydrogens (tertiary/aromatic N) is 1. The van der Waals surface area contributed by atoms with Crippen LogP contribution in [0.1, 0.15) is 24.4 Å². The minimum atomic E-state index is -3.20. The van der Waals surface area contributed by atoms with E-state index in [9.17, 15) is 8.42 Å². The Kier molecular flexibility index (Phi) is 3.56. The van der Waals surface area contributed by atoms with E-state index in [0.717, 1.165) is 25.1 Å². The quantitative estimate of drug-likeness (QED) is 0.871. The number of anilines is 1. The summed E-state index contributed by atoms with van der Waals surface area (Å²) in [5.41, 5.74) is 2.12. The molecule has 0 amide bonds. The lowest BCUT2D eigenvalue weighted by Gasteiger charge is -2.28. The third-order valence-corrected chi connectivity index (χ3v) is 5.60. The molecule has 0 N–H and O–H groups in total. The molecule has 106 valence electrons. The summed E-state index contributed by atoms with van der Waals surface area (Å²) < 4.78 is 24.0. The standard InChI is InChI=1S/C15H17NO2S2/c1-20(17,18)15-7-3-2-5-14(15)16-9-4-6-13(16)12-8-10-19-11-12/h2-3,5,7-8,10-11,13H,4,6,9H2,1H3. The maximum Gasteiger partial charge on any atom is 0.177 e. The molecule has 0 saturated carbocycles. The van der Waals surface area contributed by atoms with Crippen molar-refractivity contribution in [2.24, 2.45) is 0 Å². The highest BCUT2D eigenvalue weighted by Crippen LogP contribution is 2.39. The molecule has 0 radical (unpaired) electrons. The van der Waals surface area contributed by atoms with Crippen LogP contribution in [-0.2, 0) is 9.84 Å². The molecule has 0 spiro atoms. The highest BCUT2D eigenvalue weighted by molar-refractivity contribution is 7.90. The van der Waals surface area contributed by atoms with E-state index >= 15 is 0 Å². The Labute approximate surface area is 123 Å². The molecule has 2 heterocycles. The molecule has 1 aliphatic rings.